The zero-order valence-electron chi connectivity index (χ0n) is 6.22. The number of aryl methyl sites for hydroxylation is 1. The molecule has 0 saturated heterocycles. The quantitative estimate of drug-likeness (QED) is 0.797. The molecule has 0 unspecified atom stereocenters. The fourth-order valence-corrected chi connectivity index (χ4v) is 2.17. The maximum atomic E-state index is 3.97. The highest BCUT2D eigenvalue weighted by atomic mass is 79.9. The van der Waals surface area contributed by atoms with Crippen LogP contribution < -0.4 is 0 Å². The molecule has 11 heavy (non-hydrogen) atoms. The molecule has 0 N–H and O–H groups in total. The molecule has 0 atom stereocenters. The first-order valence-electron chi connectivity index (χ1n) is 3.43. The van der Waals surface area contributed by atoms with Gasteiger partial charge in [0.05, 0.1) is 5.69 Å². The van der Waals surface area contributed by atoms with E-state index in [1.165, 1.54) is 0 Å². The molecule has 0 fully saturated rings. The molecule has 0 aliphatic rings. The van der Waals surface area contributed by atoms with Gasteiger partial charge in [0.1, 0.15) is 0 Å². The van der Waals surface area contributed by atoms with Gasteiger partial charge >= 0.3 is 0 Å². The standard InChI is InChI=1S/C6H9Br2N3/c1-2-3-11-5(4-7)6(8)9-10-11/h2-4H2,1H3. The predicted octanol–water partition coefficient (Wildman–Crippen LogP) is 2.35. The van der Waals surface area contributed by atoms with Crippen molar-refractivity contribution >= 4 is 31.9 Å². The SMILES string of the molecule is CCCn1nnc(Br)c1CBr. The van der Waals surface area contributed by atoms with Crippen molar-refractivity contribution in [3.63, 3.8) is 0 Å². The van der Waals surface area contributed by atoms with E-state index < -0.39 is 0 Å². The van der Waals surface area contributed by atoms with Crippen LogP contribution in [-0.4, -0.2) is 15.0 Å². The first-order valence-corrected chi connectivity index (χ1v) is 5.34. The van der Waals surface area contributed by atoms with Gasteiger partial charge in [-0.2, -0.15) is 0 Å². The van der Waals surface area contributed by atoms with Crippen LogP contribution in [-0.2, 0) is 11.9 Å². The molecule has 0 bridgehead atoms. The Morgan fingerprint density at radius 1 is 1.55 bits per heavy atom. The van der Waals surface area contributed by atoms with E-state index in [4.69, 9.17) is 0 Å². The maximum absolute atomic E-state index is 3.97. The smallest absolute Gasteiger partial charge is 0.152 e. The summed E-state index contributed by atoms with van der Waals surface area (Å²) in [7, 11) is 0. The highest BCUT2D eigenvalue weighted by Crippen LogP contribution is 2.15. The Labute approximate surface area is 82.4 Å². The first kappa shape index (κ1) is 9.19. The minimum absolute atomic E-state index is 0.792. The van der Waals surface area contributed by atoms with Crippen LogP contribution in [0.4, 0.5) is 0 Å². The number of nitrogens with zero attached hydrogens (tertiary/aromatic N) is 3. The zero-order chi connectivity index (χ0) is 8.27. The number of aromatic nitrogens is 3. The van der Waals surface area contributed by atoms with Crippen LogP contribution in [0.3, 0.4) is 0 Å². The Morgan fingerprint density at radius 2 is 2.27 bits per heavy atom. The van der Waals surface area contributed by atoms with Gasteiger partial charge in [0.2, 0.25) is 0 Å². The second-order valence-electron chi connectivity index (χ2n) is 2.18. The Bertz CT molecular complexity index is 234. The van der Waals surface area contributed by atoms with Gasteiger partial charge in [0.25, 0.3) is 0 Å². The molecule has 0 spiro atoms. The largest absolute Gasteiger partial charge is 0.247 e. The molecule has 3 nitrogen and oxygen atoms in total. The summed E-state index contributed by atoms with van der Waals surface area (Å²) in [5, 5.41) is 8.66. The summed E-state index contributed by atoms with van der Waals surface area (Å²) in [6.45, 7) is 3.05. The van der Waals surface area contributed by atoms with Gasteiger partial charge in [-0.25, -0.2) is 4.68 Å². The van der Waals surface area contributed by atoms with Crippen LogP contribution in [0.5, 0.6) is 0 Å². The van der Waals surface area contributed by atoms with Crippen molar-refractivity contribution < 1.29 is 0 Å². The Morgan fingerprint density at radius 3 is 2.82 bits per heavy atom. The second kappa shape index (κ2) is 4.21. The lowest BCUT2D eigenvalue weighted by atomic mass is 10.4. The molecule has 1 rings (SSSR count). The lowest BCUT2D eigenvalue weighted by Crippen LogP contribution is -2.02. The van der Waals surface area contributed by atoms with Gasteiger partial charge in [-0.1, -0.05) is 28.1 Å². The van der Waals surface area contributed by atoms with E-state index in [0.29, 0.717) is 0 Å². The lowest BCUT2D eigenvalue weighted by molar-refractivity contribution is 0.565. The Balaban J connectivity index is 2.86. The molecule has 0 amide bonds. The molecule has 5 heteroatoms. The van der Waals surface area contributed by atoms with Gasteiger partial charge in [0.15, 0.2) is 4.60 Å². The van der Waals surface area contributed by atoms with E-state index >= 15 is 0 Å². The van der Waals surface area contributed by atoms with Crippen LogP contribution in [0.25, 0.3) is 0 Å². The first-order chi connectivity index (χ1) is 5.29. The van der Waals surface area contributed by atoms with Crippen LogP contribution >= 0.6 is 31.9 Å². The third-order valence-corrected chi connectivity index (χ3v) is 2.50. The summed E-state index contributed by atoms with van der Waals surface area (Å²) in [6, 6.07) is 0. The van der Waals surface area contributed by atoms with Crippen molar-refractivity contribution in [2.45, 2.75) is 25.2 Å². The van der Waals surface area contributed by atoms with E-state index in [1.807, 2.05) is 4.68 Å². The molecule has 1 aromatic rings. The van der Waals surface area contributed by atoms with Gasteiger partial charge in [0, 0.05) is 11.9 Å². The van der Waals surface area contributed by atoms with Crippen LogP contribution in [0, 0.1) is 0 Å². The van der Waals surface area contributed by atoms with Crippen molar-refractivity contribution in [3.8, 4) is 0 Å². The summed E-state index contributed by atoms with van der Waals surface area (Å²) in [6.07, 6.45) is 1.08. The molecule has 0 aromatic carbocycles. The zero-order valence-corrected chi connectivity index (χ0v) is 9.39. The third-order valence-electron chi connectivity index (χ3n) is 1.35. The van der Waals surface area contributed by atoms with Crippen molar-refractivity contribution in [2.75, 3.05) is 0 Å². The normalized spacial score (nSPS) is 10.5. The molecule has 0 aliphatic carbocycles. The summed E-state index contributed by atoms with van der Waals surface area (Å²) in [5.74, 6) is 0. The van der Waals surface area contributed by atoms with Crippen molar-refractivity contribution in [3.05, 3.63) is 10.3 Å². The average Bonchev–Trinajstić information content (AvgIpc) is 2.33. The van der Waals surface area contributed by atoms with E-state index in [-0.39, 0.29) is 0 Å². The molecular weight excluding hydrogens is 274 g/mol. The minimum atomic E-state index is 0.792. The summed E-state index contributed by atoms with van der Waals surface area (Å²) < 4.78 is 2.74. The lowest BCUT2D eigenvalue weighted by Gasteiger charge is -1.99. The van der Waals surface area contributed by atoms with E-state index in [1.54, 1.807) is 0 Å². The van der Waals surface area contributed by atoms with Crippen LogP contribution in [0.15, 0.2) is 4.60 Å². The topological polar surface area (TPSA) is 30.7 Å². The number of hydrogen-bond acceptors (Lipinski definition) is 2. The Kier molecular flexibility index (Phi) is 3.51. The molecule has 0 saturated carbocycles. The third kappa shape index (κ3) is 2.02. The van der Waals surface area contributed by atoms with Crippen LogP contribution in [0.2, 0.25) is 0 Å². The van der Waals surface area contributed by atoms with Crippen LogP contribution in [0.1, 0.15) is 19.0 Å². The molecule has 62 valence electrons. The highest BCUT2D eigenvalue weighted by molar-refractivity contribution is 9.10. The highest BCUT2D eigenvalue weighted by Gasteiger charge is 2.06. The average molecular weight is 283 g/mol. The maximum Gasteiger partial charge on any atom is 0.152 e. The van der Waals surface area contributed by atoms with Gasteiger partial charge in [-0.05, 0) is 22.4 Å². The molecular formula is C6H9Br2N3. The number of halogens is 2. The van der Waals surface area contributed by atoms with E-state index in [9.17, 15) is 0 Å². The summed E-state index contributed by atoms with van der Waals surface area (Å²) in [4.78, 5) is 0. The van der Waals surface area contributed by atoms with E-state index in [0.717, 1.165) is 28.6 Å². The van der Waals surface area contributed by atoms with Crippen molar-refractivity contribution in [2.24, 2.45) is 0 Å². The van der Waals surface area contributed by atoms with E-state index in [2.05, 4.69) is 49.1 Å². The monoisotopic (exact) mass is 281 g/mol. The summed E-state index contributed by atoms with van der Waals surface area (Å²) >= 11 is 6.70. The van der Waals surface area contributed by atoms with Crippen molar-refractivity contribution in [1.82, 2.24) is 15.0 Å². The fourth-order valence-electron chi connectivity index (χ4n) is 0.827. The molecule has 0 radical (unpaired) electrons. The van der Waals surface area contributed by atoms with Gasteiger partial charge in [-0.3, -0.25) is 0 Å². The number of hydrogen-bond donors (Lipinski definition) is 0. The number of rotatable bonds is 3. The Hall–Kier alpha value is 0.1000. The molecule has 0 aliphatic heterocycles. The predicted molar refractivity (Wildman–Crippen MR) is 50.6 cm³/mol. The molecule has 1 aromatic heterocycles. The van der Waals surface area contributed by atoms with Crippen molar-refractivity contribution in [1.29, 1.82) is 0 Å². The fraction of sp³-hybridized carbons (Fsp3) is 0.667. The molecule has 1 heterocycles. The minimum Gasteiger partial charge on any atom is -0.247 e. The second-order valence-corrected chi connectivity index (χ2v) is 3.50. The van der Waals surface area contributed by atoms with Gasteiger partial charge in [-0.15, -0.1) is 5.10 Å². The summed E-state index contributed by atoms with van der Waals surface area (Å²) in [5.41, 5.74) is 1.10. The van der Waals surface area contributed by atoms with Gasteiger partial charge < -0.3 is 0 Å². The number of alkyl halides is 1.